The molecule has 3 aliphatic rings. The summed E-state index contributed by atoms with van der Waals surface area (Å²) in [6.45, 7) is -5.09. The first-order valence-corrected chi connectivity index (χ1v) is 17.3. The molecule has 0 saturated carbocycles. The number of rotatable bonds is 2. The molecule has 4 aromatic rings. The van der Waals surface area contributed by atoms with Gasteiger partial charge in [-0.3, -0.25) is 18.2 Å². The zero-order valence-corrected chi connectivity index (χ0v) is 24.9. The molecule has 3 saturated heterocycles. The minimum absolute atomic E-state index is 0.0975. The van der Waals surface area contributed by atoms with E-state index >= 15 is 0 Å². The van der Waals surface area contributed by atoms with Crippen LogP contribution in [-0.2, 0) is 27.7 Å². The van der Waals surface area contributed by atoms with E-state index in [0.29, 0.717) is 0 Å². The molecule has 0 aliphatic carbocycles. The number of nitrogen functional groups attached to an aromatic ring is 2. The minimum atomic E-state index is -4.68. The van der Waals surface area contributed by atoms with Crippen LogP contribution in [-0.4, -0.2) is 104 Å². The van der Waals surface area contributed by atoms with Crippen LogP contribution in [0.25, 0.3) is 22.3 Å². The average Bonchev–Trinajstić information content (AvgIpc) is 3.73. The van der Waals surface area contributed by atoms with Crippen molar-refractivity contribution in [2.24, 2.45) is 0 Å². The summed E-state index contributed by atoms with van der Waals surface area (Å²) >= 11 is 4.18. The molecular weight excluding hydrogens is 646 g/mol. The topological polar surface area (TPSA) is 295 Å². The average molecular weight is 673 g/mol. The molecule has 0 aromatic carbocycles. The summed E-state index contributed by atoms with van der Waals surface area (Å²) < 4.78 is 52.4. The first-order valence-electron chi connectivity index (χ1n) is 13.0. The molecule has 0 bridgehead atoms. The third-order valence-corrected chi connectivity index (χ3v) is 10.5. The zero-order chi connectivity index (χ0) is 31.0. The Morgan fingerprint density at radius 2 is 1.27 bits per heavy atom. The van der Waals surface area contributed by atoms with E-state index in [1.54, 1.807) is 0 Å². The highest BCUT2D eigenvalue weighted by molar-refractivity contribution is 8.45. The predicted molar refractivity (Wildman–Crippen MR) is 151 cm³/mol. The number of nitrogens with two attached hydrogens (primary N) is 2. The Morgan fingerprint density at radius 3 is 1.80 bits per heavy atom. The van der Waals surface area contributed by atoms with Crippen LogP contribution in [0.5, 0.6) is 0 Å². The summed E-state index contributed by atoms with van der Waals surface area (Å²) in [5.74, 6) is 0.200. The van der Waals surface area contributed by atoms with Crippen LogP contribution in [0, 0.1) is 0 Å². The van der Waals surface area contributed by atoms with Crippen LogP contribution < -0.4 is 21.6 Å². The molecule has 0 spiro atoms. The Morgan fingerprint density at radius 1 is 0.795 bits per heavy atom. The van der Waals surface area contributed by atoms with Gasteiger partial charge in [0.05, 0.1) is 38.0 Å². The van der Waals surface area contributed by atoms with Gasteiger partial charge in [-0.25, -0.2) is 44.6 Å². The summed E-state index contributed by atoms with van der Waals surface area (Å²) in [4.78, 5) is 35.1. The molecule has 236 valence electrons. The summed E-state index contributed by atoms with van der Waals surface area (Å²) in [5.41, 5.74) is 12.7. The molecule has 10 atom stereocenters. The van der Waals surface area contributed by atoms with Gasteiger partial charge in [0.25, 0.3) is 0 Å². The van der Waals surface area contributed by atoms with Crippen LogP contribution in [0.3, 0.4) is 0 Å². The molecule has 9 N–H and O–H groups in total. The lowest BCUT2D eigenvalue weighted by Gasteiger charge is -2.29. The highest BCUT2D eigenvalue weighted by atomic mass is 32.7. The smallest absolute Gasteiger partial charge is 0.387 e. The lowest BCUT2D eigenvalue weighted by Crippen LogP contribution is -2.47. The summed E-state index contributed by atoms with van der Waals surface area (Å²) in [6.07, 6.45) is -2.53. The number of aliphatic hydroxyl groups excluding tert-OH is 2. The number of hydrogen-bond acceptors (Lipinski definition) is 16. The third-order valence-electron chi connectivity index (χ3n) is 7.52. The van der Waals surface area contributed by atoms with Gasteiger partial charge in [0, 0.05) is 0 Å². The van der Waals surface area contributed by atoms with Gasteiger partial charge in [0.2, 0.25) is 0 Å². The standard InChI is InChI=1S/C20H26N12O9P2S/c21-15-11-17(25-3-23-15)31(5-27-11)19-13(33)9-8(41-19)2-39-43(37,44)30-10-7(1-38-42(35,36)29-9)40-20(14(10)34)32-6-28-12-16(22)24-4-26-18(12)32/h3-10,13-14,19-20,33-34H,1-2H2,(H2,21,23,25)(H2,22,24,26)(H2,29,35,36)(H2,30,37,44)/t7-,8-,9-,10-,13-,14-,19-,20-,43?/m1/s1. The van der Waals surface area contributed by atoms with Crippen molar-refractivity contribution < 1.29 is 42.8 Å². The van der Waals surface area contributed by atoms with Gasteiger partial charge in [0.15, 0.2) is 35.4 Å². The van der Waals surface area contributed by atoms with E-state index in [9.17, 15) is 24.2 Å². The summed E-state index contributed by atoms with van der Waals surface area (Å²) in [6, 6.07) is -2.46. The zero-order valence-electron chi connectivity index (χ0n) is 22.2. The molecule has 24 heteroatoms. The van der Waals surface area contributed by atoms with Crippen molar-refractivity contribution in [1.82, 2.24) is 49.2 Å². The first-order chi connectivity index (χ1) is 20.9. The fourth-order valence-electron chi connectivity index (χ4n) is 5.46. The van der Waals surface area contributed by atoms with E-state index in [2.05, 4.69) is 52.3 Å². The molecule has 3 fully saturated rings. The maximum Gasteiger partial charge on any atom is 0.403 e. The number of hydrogen-bond donors (Lipinski definition) is 8. The van der Waals surface area contributed by atoms with Crippen molar-refractivity contribution in [3.63, 3.8) is 0 Å². The quantitative estimate of drug-likeness (QED) is 0.0883. The number of fused-ring (bicyclic) bond motifs is 4. The summed E-state index contributed by atoms with van der Waals surface area (Å²) in [5, 5.41) is 27.6. The number of imidazole rings is 2. The second kappa shape index (κ2) is 10.9. The lowest BCUT2D eigenvalue weighted by atomic mass is 10.1. The number of aliphatic hydroxyl groups is 2. The van der Waals surface area contributed by atoms with Gasteiger partial charge in [-0.15, -0.1) is 0 Å². The van der Waals surface area contributed by atoms with Crippen LogP contribution in [0.2, 0.25) is 0 Å². The Kier molecular flexibility index (Phi) is 7.39. The number of ether oxygens (including phenoxy) is 2. The van der Waals surface area contributed by atoms with Crippen molar-refractivity contribution in [2.45, 2.75) is 49.0 Å². The molecular formula is C20H26N12O9P2S. The second-order valence-corrected chi connectivity index (χ2v) is 14.9. The molecule has 0 amide bonds. The fourth-order valence-corrected chi connectivity index (χ4v) is 8.30. The van der Waals surface area contributed by atoms with Crippen LogP contribution in [0.1, 0.15) is 12.5 Å². The SMILES string of the molecule is Nc1ncnc2c1ncn2[C@@H]1O[C@@H]2COP(=O)(S)N[C@H]3[C@@H](O)[C@H](n4cnc5c(N)ncnc54)O[C@@H]3COP(=O)(O)N[C@H]2[C@H]1O. The van der Waals surface area contributed by atoms with Crippen LogP contribution in [0.15, 0.2) is 25.3 Å². The molecule has 3 aliphatic heterocycles. The Hall–Kier alpha value is -2.85. The normalized spacial score (nSPS) is 38.3. The minimum Gasteiger partial charge on any atom is -0.387 e. The third kappa shape index (κ3) is 5.15. The van der Waals surface area contributed by atoms with Crippen molar-refractivity contribution in [3.8, 4) is 0 Å². The number of nitrogens with zero attached hydrogens (tertiary/aromatic N) is 8. The Balaban J connectivity index is 1.17. The van der Waals surface area contributed by atoms with Gasteiger partial charge >= 0.3 is 14.5 Å². The molecule has 2 unspecified atom stereocenters. The van der Waals surface area contributed by atoms with E-state index in [1.165, 1.54) is 34.4 Å². The van der Waals surface area contributed by atoms with Gasteiger partial charge in [-0.1, -0.05) is 12.2 Å². The number of thiol groups is 1. The van der Waals surface area contributed by atoms with Crippen molar-refractivity contribution in [2.75, 3.05) is 24.7 Å². The Labute approximate surface area is 251 Å². The molecule has 0 radical (unpaired) electrons. The number of aromatic nitrogens is 8. The fraction of sp³-hybridized carbons (Fsp3) is 0.500. The van der Waals surface area contributed by atoms with Crippen LogP contribution in [0.4, 0.5) is 11.6 Å². The van der Waals surface area contributed by atoms with Gasteiger partial charge in [-0.2, -0.15) is 0 Å². The van der Waals surface area contributed by atoms with Gasteiger partial charge in [-0.05, 0) is 0 Å². The number of nitrogens with one attached hydrogen (secondary N) is 2. The van der Waals surface area contributed by atoms with E-state index in [4.69, 9.17) is 30.0 Å². The highest BCUT2D eigenvalue weighted by Gasteiger charge is 2.52. The molecule has 4 aromatic heterocycles. The Bertz CT molecular complexity index is 1700. The molecule has 7 heterocycles. The van der Waals surface area contributed by atoms with E-state index in [0.717, 1.165) is 0 Å². The molecule has 21 nitrogen and oxygen atoms in total. The molecule has 44 heavy (non-hydrogen) atoms. The van der Waals surface area contributed by atoms with Crippen LogP contribution >= 0.6 is 26.7 Å². The monoisotopic (exact) mass is 672 g/mol. The lowest BCUT2D eigenvalue weighted by molar-refractivity contribution is -0.0476. The predicted octanol–water partition coefficient (Wildman–Crippen LogP) is -1.55. The maximum atomic E-state index is 13.5. The van der Waals surface area contributed by atoms with Crippen molar-refractivity contribution in [3.05, 3.63) is 25.3 Å². The van der Waals surface area contributed by atoms with Crippen molar-refractivity contribution in [1.29, 1.82) is 0 Å². The highest BCUT2D eigenvalue weighted by Crippen LogP contribution is 2.52. The van der Waals surface area contributed by atoms with Gasteiger partial charge < -0.3 is 40.6 Å². The van der Waals surface area contributed by atoms with E-state index < -0.39 is 76.6 Å². The van der Waals surface area contributed by atoms with Gasteiger partial charge in [0.1, 0.15) is 48.1 Å². The van der Waals surface area contributed by atoms with Crippen molar-refractivity contribution >= 4 is 60.7 Å². The van der Waals surface area contributed by atoms with E-state index in [1.807, 2.05) is 0 Å². The van der Waals surface area contributed by atoms with E-state index in [-0.39, 0.29) is 34.0 Å². The number of anilines is 2. The summed E-state index contributed by atoms with van der Waals surface area (Å²) in [7, 11) is -4.68. The molecule has 7 rings (SSSR count). The largest absolute Gasteiger partial charge is 0.403 e. The second-order valence-electron chi connectivity index (χ2n) is 10.2. The maximum absolute atomic E-state index is 13.5. The first kappa shape index (κ1) is 29.8.